The van der Waals surface area contributed by atoms with Gasteiger partial charge in [-0.1, -0.05) is 12.1 Å². The van der Waals surface area contributed by atoms with Gasteiger partial charge < -0.3 is 13.7 Å². The summed E-state index contributed by atoms with van der Waals surface area (Å²) in [5, 5.41) is 2.04. The first-order valence-electron chi connectivity index (χ1n) is 14.7. The third kappa shape index (κ3) is 3.06. The SMILES string of the molecule is c1cnc2c(c1)oc1cc(N(c3ccc(C4C5CC6CC5CC64)cc3)c3ccc4c(c3)oc3cccnc34)ccc12. The van der Waals surface area contributed by atoms with Crippen LogP contribution in [0.25, 0.3) is 44.1 Å². The van der Waals surface area contributed by atoms with E-state index in [4.69, 9.17) is 8.83 Å². The molecule has 0 radical (unpaired) electrons. The number of fused-ring (bicyclic) bond motifs is 6. The number of hydrogen-bond donors (Lipinski definition) is 0. The molecule has 4 unspecified atom stereocenters. The van der Waals surface area contributed by atoms with Gasteiger partial charge in [0.2, 0.25) is 0 Å². The number of furan rings is 2. The monoisotopic (exact) mass is 533 g/mol. The maximum Gasteiger partial charge on any atom is 0.153 e. The highest BCUT2D eigenvalue weighted by molar-refractivity contribution is 6.05. The van der Waals surface area contributed by atoms with Gasteiger partial charge in [-0.2, -0.15) is 0 Å². The van der Waals surface area contributed by atoms with Crippen molar-refractivity contribution in [2.75, 3.05) is 4.90 Å². The van der Waals surface area contributed by atoms with E-state index in [0.29, 0.717) is 0 Å². The number of pyridine rings is 2. The van der Waals surface area contributed by atoms with Crippen LogP contribution >= 0.6 is 0 Å². The Morgan fingerprint density at radius 1 is 0.561 bits per heavy atom. The second kappa shape index (κ2) is 7.97. The molecule has 198 valence electrons. The van der Waals surface area contributed by atoms with E-state index in [1.54, 1.807) is 0 Å². The summed E-state index contributed by atoms with van der Waals surface area (Å²) < 4.78 is 12.5. The van der Waals surface area contributed by atoms with Crippen molar-refractivity contribution in [3.63, 3.8) is 0 Å². The lowest BCUT2D eigenvalue weighted by Crippen LogP contribution is -2.13. The van der Waals surface area contributed by atoms with Crippen molar-refractivity contribution in [2.24, 2.45) is 23.7 Å². The maximum absolute atomic E-state index is 6.24. The van der Waals surface area contributed by atoms with Gasteiger partial charge in [-0.25, -0.2) is 0 Å². The number of hydrogen-bond acceptors (Lipinski definition) is 5. The summed E-state index contributed by atoms with van der Waals surface area (Å²) >= 11 is 0. The number of benzene rings is 3. The highest BCUT2D eigenvalue weighted by atomic mass is 16.3. The van der Waals surface area contributed by atoms with Crippen LogP contribution < -0.4 is 4.90 Å². The lowest BCUT2D eigenvalue weighted by Gasteiger charge is -2.27. The number of anilines is 3. The summed E-state index contributed by atoms with van der Waals surface area (Å²) in [6.07, 6.45) is 8.02. The van der Waals surface area contributed by atoms with Crippen LogP contribution in [0.15, 0.2) is 106 Å². The molecule has 4 heterocycles. The van der Waals surface area contributed by atoms with Crippen LogP contribution in [-0.2, 0) is 0 Å². The van der Waals surface area contributed by atoms with Gasteiger partial charge >= 0.3 is 0 Å². The molecule has 4 aromatic heterocycles. The van der Waals surface area contributed by atoms with Gasteiger partial charge in [0.15, 0.2) is 11.2 Å². The van der Waals surface area contributed by atoms with Crippen molar-refractivity contribution in [3.05, 3.63) is 103 Å². The summed E-state index contributed by atoms with van der Waals surface area (Å²) in [4.78, 5) is 11.4. The minimum atomic E-state index is 0.750. The Morgan fingerprint density at radius 3 is 1.63 bits per heavy atom. The van der Waals surface area contributed by atoms with E-state index >= 15 is 0 Å². The fourth-order valence-electron chi connectivity index (χ4n) is 8.80. The van der Waals surface area contributed by atoms with E-state index in [-0.39, 0.29) is 0 Å². The van der Waals surface area contributed by atoms with Crippen molar-refractivity contribution in [2.45, 2.75) is 25.2 Å². The predicted molar refractivity (Wildman–Crippen MR) is 162 cm³/mol. The zero-order valence-corrected chi connectivity index (χ0v) is 22.4. The molecule has 7 aromatic rings. The van der Waals surface area contributed by atoms with Gasteiger partial charge in [-0.3, -0.25) is 9.97 Å². The van der Waals surface area contributed by atoms with Gasteiger partial charge in [-0.15, -0.1) is 0 Å². The van der Waals surface area contributed by atoms with Crippen molar-refractivity contribution in [1.29, 1.82) is 0 Å². The molecular weight excluding hydrogens is 506 g/mol. The van der Waals surface area contributed by atoms with E-state index in [1.165, 1.54) is 24.8 Å². The fourth-order valence-corrected chi connectivity index (χ4v) is 8.80. The van der Waals surface area contributed by atoms with Gasteiger partial charge in [0.1, 0.15) is 22.2 Å². The molecule has 4 aliphatic carbocycles. The molecule has 0 spiro atoms. The van der Waals surface area contributed by atoms with E-state index in [2.05, 4.69) is 75.5 Å². The average molecular weight is 534 g/mol. The Balaban J connectivity index is 1.12. The molecule has 4 aliphatic rings. The molecule has 11 rings (SSSR count). The smallest absolute Gasteiger partial charge is 0.153 e. The van der Waals surface area contributed by atoms with Crippen molar-refractivity contribution >= 4 is 61.2 Å². The molecule has 0 saturated heterocycles. The zero-order chi connectivity index (χ0) is 26.7. The lowest BCUT2D eigenvalue weighted by atomic mass is 9.83. The summed E-state index contributed by atoms with van der Waals surface area (Å²) in [5.74, 6) is 4.50. The topological polar surface area (TPSA) is 55.3 Å². The molecule has 5 heteroatoms. The third-order valence-corrected chi connectivity index (χ3v) is 10.4. The molecular formula is C36H27N3O2. The Labute approximate surface area is 236 Å². The van der Waals surface area contributed by atoms with Gasteiger partial charge in [0.05, 0.1) is 0 Å². The molecule has 5 nitrogen and oxygen atoms in total. The highest BCUT2D eigenvalue weighted by Gasteiger charge is 2.59. The van der Waals surface area contributed by atoms with E-state index < -0.39 is 0 Å². The van der Waals surface area contributed by atoms with Crippen LogP contribution in [-0.4, -0.2) is 9.97 Å². The van der Waals surface area contributed by atoms with Crippen molar-refractivity contribution in [1.82, 2.24) is 9.97 Å². The first-order chi connectivity index (χ1) is 20.3. The molecule has 4 saturated carbocycles. The van der Waals surface area contributed by atoms with E-state index in [0.717, 1.165) is 90.8 Å². The van der Waals surface area contributed by atoms with Crippen molar-refractivity contribution in [3.8, 4) is 0 Å². The summed E-state index contributed by atoms with van der Waals surface area (Å²) in [6.45, 7) is 0. The van der Waals surface area contributed by atoms with Crippen LogP contribution in [0.4, 0.5) is 17.1 Å². The quantitative estimate of drug-likeness (QED) is 0.225. The third-order valence-electron chi connectivity index (χ3n) is 10.4. The average Bonchev–Trinajstić information content (AvgIpc) is 3.85. The van der Waals surface area contributed by atoms with Crippen LogP contribution in [0, 0.1) is 23.7 Å². The highest BCUT2D eigenvalue weighted by Crippen LogP contribution is 2.69. The predicted octanol–water partition coefficient (Wildman–Crippen LogP) is 9.50. The van der Waals surface area contributed by atoms with Crippen LogP contribution in [0.2, 0.25) is 0 Å². The summed E-state index contributed by atoms with van der Waals surface area (Å²) in [5.41, 5.74) is 9.74. The van der Waals surface area contributed by atoms with Gasteiger partial charge in [0.25, 0.3) is 0 Å². The molecule has 0 aliphatic heterocycles. The van der Waals surface area contributed by atoms with Crippen LogP contribution in [0.5, 0.6) is 0 Å². The van der Waals surface area contributed by atoms with Crippen molar-refractivity contribution < 1.29 is 8.83 Å². The molecule has 4 fully saturated rings. The number of aromatic nitrogens is 2. The summed E-state index contributed by atoms with van der Waals surface area (Å²) in [7, 11) is 0. The molecule has 3 aromatic carbocycles. The van der Waals surface area contributed by atoms with E-state index in [1.807, 2.05) is 36.7 Å². The Morgan fingerprint density at radius 2 is 1.10 bits per heavy atom. The van der Waals surface area contributed by atoms with Gasteiger partial charge in [0, 0.05) is 52.4 Å². The number of nitrogens with zero attached hydrogens (tertiary/aromatic N) is 3. The number of rotatable bonds is 4. The largest absolute Gasteiger partial charge is 0.454 e. The maximum atomic E-state index is 6.24. The second-order valence-corrected chi connectivity index (χ2v) is 12.3. The first kappa shape index (κ1) is 22.1. The molecule has 41 heavy (non-hydrogen) atoms. The Kier molecular flexibility index (Phi) is 4.30. The van der Waals surface area contributed by atoms with Crippen LogP contribution in [0.1, 0.15) is 30.7 Å². The minimum absolute atomic E-state index is 0.750. The Bertz CT molecular complexity index is 2010. The minimum Gasteiger partial charge on any atom is -0.454 e. The van der Waals surface area contributed by atoms with E-state index in [9.17, 15) is 0 Å². The molecule has 4 atom stereocenters. The molecule has 0 amide bonds. The molecule has 0 N–H and O–H groups in total. The normalized spacial score (nSPS) is 24.5. The van der Waals surface area contributed by atoms with Gasteiger partial charge in [-0.05, 0) is 115 Å². The van der Waals surface area contributed by atoms with Crippen LogP contribution in [0.3, 0.4) is 0 Å². The second-order valence-electron chi connectivity index (χ2n) is 12.3. The fraction of sp³-hybridized carbons (Fsp3) is 0.222. The first-order valence-corrected chi connectivity index (χ1v) is 14.7. The standard InChI is InChI=1S/C36H27N3O2/c1-3-30-35(37-13-1)26-11-9-24(18-32(26)40-30)39(25-10-12-27-33(19-25)41-31-4-2-14-38-36(27)31)23-7-5-20(6-8-23)34-28-16-21-15-22(28)17-29(21)34/h1-14,18-19,21-22,28-29,34H,15-17H2. The zero-order valence-electron chi connectivity index (χ0n) is 22.4. The summed E-state index contributed by atoms with van der Waals surface area (Å²) in [6, 6.07) is 30.0. The lowest BCUT2D eigenvalue weighted by molar-refractivity contribution is 0.398. The Hall–Kier alpha value is -4.64. The molecule has 4 bridgehead atoms.